The second kappa shape index (κ2) is 6.89. The molecule has 0 saturated heterocycles. The predicted molar refractivity (Wildman–Crippen MR) is 53.8 cm³/mol. The minimum Gasteiger partial charge on any atom is -0.481 e. The van der Waals surface area contributed by atoms with Crippen LogP contribution in [0.4, 0.5) is 0 Å². The van der Waals surface area contributed by atoms with E-state index >= 15 is 0 Å². The van der Waals surface area contributed by atoms with Gasteiger partial charge in [-0.15, -0.1) is 0 Å². The smallest absolute Gasteiger partial charge is 0.303 e. The van der Waals surface area contributed by atoms with E-state index in [-0.39, 0.29) is 0 Å². The first-order chi connectivity index (χ1) is 6.13. The van der Waals surface area contributed by atoms with E-state index in [0.29, 0.717) is 12.3 Å². The summed E-state index contributed by atoms with van der Waals surface area (Å²) >= 11 is 0. The third-order valence-electron chi connectivity index (χ3n) is 2.45. The molecule has 1 N–H and O–H groups in total. The van der Waals surface area contributed by atoms with Gasteiger partial charge in [0.2, 0.25) is 0 Å². The summed E-state index contributed by atoms with van der Waals surface area (Å²) in [5.74, 6) is -0.378. The molecule has 0 spiro atoms. The standard InChI is InChI=1S/C10H21NO2/c1-4-9(7-10(12)13)8-11(5-2)6-3/h9H,4-8H2,1-3H3,(H,12,13). The summed E-state index contributed by atoms with van der Waals surface area (Å²) in [6.45, 7) is 9.19. The van der Waals surface area contributed by atoms with Crippen molar-refractivity contribution in [3.63, 3.8) is 0 Å². The van der Waals surface area contributed by atoms with Crippen molar-refractivity contribution in [1.29, 1.82) is 0 Å². The molecule has 13 heavy (non-hydrogen) atoms. The Labute approximate surface area is 80.7 Å². The van der Waals surface area contributed by atoms with E-state index < -0.39 is 5.97 Å². The average molecular weight is 187 g/mol. The van der Waals surface area contributed by atoms with Gasteiger partial charge in [0.05, 0.1) is 0 Å². The summed E-state index contributed by atoms with van der Waals surface area (Å²) < 4.78 is 0. The second-order valence-corrected chi connectivity index (χ2v) is 3.36. The lowest BCUT2D eigenvalue weighted by Gasteiger charge is -2.23. The van der Waals surface area contributed by atoms with Gasteiger partial charge in [0.1, 0.15) is 0 Å². The first kappa shape index (κ1) is 12.4. The highest BCUT2D eigenvalue weighted by atomic mass is 16.4. The molecule has 0 aliphatic heterocycles. The lowest BCUT2D eigenvalue weighted by molar-refractivity contribution is -0.138. The van der Waals surface area contributed by atoms with Crippen LogP contribution in [0.1, 0.15) is 33.6 Å². The molecule has 0 aromatic heterocycles. The topological polar surface area (TPSA) is 40.5 Å². The molecule has 0 aliphatic rings. The number of hydrogen-bond donors (Lipinski definition) is 1. The zero-order valence-electron chi connectivity index (χ0n) is 8.92. The van der Waals surface area contributed by atoms with Crippen LogP contribution in [-0.2, 0) is 4.79 Å². The van der Waals surface area contributed by atoms with Crippen molar-refractivity contribution in [1.82, 2.24) is 4.90 Å². The Morgan fingerprint density at radius 1 is 1.31 bits per heavy atom. The summed E-state index contributed by atoms with van der Waals surface area (Å²) in [4.78, 5) is 12.8. The van der Waals surface area contributed by atoms with Crippen LogP contribution < -0.4 is 0 Å². The largest absolute Gasteiger partial charge is 0.481 e. The minimum atomic E-state index is -0.681. The van der Waals surface area contributed by atoms with Gasteiger partial charge in [0.25, 0.3) is 0 Å². The van der Waals surface area contributed by atoms with Gasteiger partial charge in [0, 0.05) is 13.0 Å². The fraction of sp³-hybridized carbons (Fsp3) is 0.900. The Morgan fingerprint density at radius 2 is 1.85 bits per heavy atom. The van der Waals surface area contributed by atoms with Gasteiger partial charge in [-0.1, -0.05) is 27.2 Å². The van der Waals surface area contributed by atoms with Crippen LogP contribution in [-0.4, -0.2) is 35.6 Å². The van der Waals surface area contributed by atoms with Crippen molar-refractivity contribution < 1.29 is 9.90 Å². The molecular formula is C10H21NO2. The molecule has 0 amide bonds. The number of hydrogen-bond acceptors (Lipinski definition) is 2. The minimum absolute atomic E-state index is 0.299. The number of nitrogens with zero attached hydrogens (tertiary/aromatic N) is 1. The van der Waals surface area contributed by atoms with E-state index in [2.05, 4.69) is 25.7 Å². The first-order valence-electron chi connectivity index (χ1n) is 5.08. The zero-order valence-corrected chi connectivity index (χ0v) is 8.92. The molecule has 0 aromatic rings. The molecule has 0 saturated carbocycles. The van der Waals surface area contributed by atoms with Crippen molar-refractivity contribution in [3.8, 4) is 0 Å². The summed E-state index contributed by atoms with van der Waals surface area (Å²) in [7, 11) is 0. The predicted octanol–water partition coefficient (Wildman–Crippen LogP) is 1.83. The molecule has 0 fully saturated rings. The third-order valence-corrected chi connectivity index (χ3v) is 2.45. The summed E-state index contributed by atoms with van der Waals surface area (Å²) in [6.07, 6.45) is 1.25. The van der Waals surface area contributed by atoms with E-state index in [4.69, 9.17) is 5.11 Å². The first-order valence-corrected chi connectivity index (χ1v) is 5.08. The van der Waals surface area contributed by atoms with Gasteiger partial charge < -0.3 is 10.0 Å². The highest BCUT2D eigenvalue weighted by Gasteiger charge is 2.13. The van der Waals surface area contributed by atoms with Crippen molar-refractivity contribution >= 4 is 5.97 Å². The normalized spacial score (nSPS) is 13.2. The maximum Gasteiger partial charge on any atom is 0.303 e. The van der Waals surface area contributed by atoms with Gasteiger partial charge in [-0.3, -0.25) is 4.79 Å². The molecule has 1 atom stereocenters. The molecule has 3 heteroatoms. The van der Waals surface area contributed by atoms with Crippen LogP contribution in [0.15, 0.2) is 0 Å². The summed E-state index contributed by atoms with van der Waals surface area (Å²) in [5, 5.41) is 8.65. The molecule has 78 valence electrons. The van der Waals surface area contributed by atoms with Crippen LogP contribution in [0.2, 0.25) is 0 Å². The Kier molecular flexibility index (Phi) is 6.59. The van der Waals surface area contributed by atoms with Crippen LogP contribution in [0, 0.1) is 5.92 Å². The van der Waals surface area contributed by atoms with Crippen molar-refractivity contribution in [2.45, 2.75) is 33.6 Å². The monoisotopic (exact) mass is 187 g/mol. The van der Waals surface area contributed by atoms with Crippen molar-refractivity contribution in [2.75, 3.05) is 19.6 Å². The molecular weight excluding hydrogens is 166 g/mol. The molecule has 0 radical (unpaired) electrons. The molecule has 1 unspecified atom stereocenters. The fourth-order valence-corrected chi connectivity index (χ4v) is 1.43. The average Bonchev–Trinajstić information content (AvgIpc) is 2.11. The molecule has 0 rings (SSSR count). The van der Waals surface area contributed by atoms with E-state index in [1.807, 2.05) is 0 Å². The quantitative estimate of drug-likeness (QED) is 0.661. The third kappa shape index (κ3) is 5.64. The molecule has 3 nitrogen and oxygen atoms in total. The Bertz CT molecular complexity index is 144. The number of carboxylic acid groups (broad SMARTS) is 1. The molecule has 0 bridgehead atoms. The van der Waals surface area contributed by atoms with Gasteiger partial charge >= 0.3 is 5.97 Å². The van der Waals surface area contributed by atoms with Gasteiger partial charge in [-0.25, -0.2) is 0 Å². The van der Waals surface area contributed by atoms with Gasteiger partial charge in [0.15, 0.2) is 0 Å². The fourth-order valence-electron chi connectivity index (χ4n) is 1.43. The van der Waals surface area contributed by atoms with Gasteiger partial charge in [-0.2, -0.15) is 0 Å². The lowest BCUT2D eigenvalue weighted by Crippen LogP contribution is -2.30. The number of rotatable bonds is 7. The van der Waals surface area contributed by atoms with Crippen LogP contribution >= 0.6 is 0 Å². The lowest BCUT2D eigenvalue weighted by atomic mass is 10.0. The SMILES string of the molecule is CCC(CC(=O)O)CN(CC)CC. The Hall–Kier alpha value is -0.570. The van der Waals surface area contributed by atoms with Gasteiger partial charge in [-0.05, 0) is 19.0 Å². The van der Waals surface area contributed by atoms with Crippen LogP contribution in [0.25, 0.3) is 0 Å². The highest BCUT2D eigenvalue weighted by molar-refractivity contribution is 5.67. The summed E-state index contributed by atoms with van der Waals surface area (Å²) in [5.41, 5.74) is 0. The maximum atomic E-state index is 10.5. The van der Waals surface area contributed by atoms with Crippen LogP contribution in [0.5, 0.6) is 0 Å². The van der Waals surface area contributed by atoms with Crippen LogP contribution in [0.3, 0.4) is 0 Å². The maximum absolute atomic E-state index is 10.5. The molecule has 0 aromatic carbocycles. The number of carbonyl (C=O) groups is 1. The molecule has 0 aliphatic carbocycles. The Morgan fingerprint density at radius 3 is 2.15 bits per heavy atom. The van der Waals surface area contributed by atoms with Crippen molar-refractivity contribution in [2.24, 2.45) is 5.92 Å². The zero-order chi connectivity index (χ0) is 10.3. The molecule has 0 heterocycles. The Balaban J connectivity index is 3.87. The summed E-state index contributed by atoms with van der Waals surface area (Å²) in [6, 6.07) is 0. The number of carboxylic acids is 1. The number of aliphatic carboxylic acids is 1. The second-order valence-electron chi connectivity index (χ2n) is 3.36. The van der Waals surface area contributed by atoms with E-state index in [1.54, 1.807) is 0 Å². The van der Waals surface area contributed by atoms with E-state index in [0.717, 1.165) is 26.1 Å². The van der Waals surface area contributed by atoms with E-state index in [1.165, 1.54) is 0 Å². The highest BCUT2D eigenvalue weighted by Crippen LogP contribution is 2.10. The van der Waals surface area contributed by atoms with E-state index in [9.17, 15) is 4.79 Å². The van der Waals surface area contributed by atoms with Crippen molar-refractivity contribution in [3.05, 3.63) is 0 Å².